The second-order valence-corrected chi connectivity index (χ2v) is 6.59. The van der Waals surface area contributed by atoms with Crippen LogP contribution in [0.15, 0.2) is 12.1 Å². The first kappa shape index (κ1) is 15.0. The lowest BCUT2D eigenvalue weighted by Gasteiger charge is -2.35. The summed E-state index contributed by atoms with van der Waals surface area (Å²) in [6, 6.07) is 4.19. The lowest BCUT2D eigenvalue weighted by molar-refractivity contribution is -0.122. The van der Waals surface area contributed by atoms with Crippen LogP contribution in [0.25, 0.3) is 0 Å². The van der Waals surface area contributed by atoms with Gasteiger partial charge in [0.2, 0.25) is 5.91 Å². The van der Waals surface area contributed by atoms with E-state index in [2.05, 4.69) is 31.3 Å². The third-order valence-electron chi connectivity index (χ3n) is 4.40. The van der Waals surface area contributed by atoms with Crippen LogP contribution in [0.4, 0.5) is 5.69 Å². The fourth-order valence-corrected chi connectivity index (χ4v) is 3.41. The zero-order chi connectivity index (χ0) is 14.9. The lowest BCUT2D eigenvalue weighted by Crippen LogP contribution is -2.53. The number of benzene rings is 1. The normalized spacial score (nSPS) is 26.4. The van der Waals surface area contributed by atoms with Gasteiger partial charge in [0.25, 0.3) is 0 Å². The first-order valence-electron chi connectivity index (χ1n) is 7.50. The van der Waals surface area contributed by atoms with Gasteiger partial charge in [-0.15, -0.1) is 0 Å². The molecule has 1 aromatic carbocycles. The molecule has 1 aliphatic rings. The van der Waals surface area contributed by atoms with Crippen molar-refractivity contribution in [2.75, 3.05) is 5.32 Å². The summed E-state index contributed by atoms with van der Waals surface area (Å²) in [6.07, 6.45) is 3.78. The molecular formula is C17H26N2O. The summed E-state index contributed by atoms with van der Waals surface area (Å²) in [5.74, 6) is 0.499. The average Bonchev–Trinajstić information content (AvgIpc) is 2.33. The van der Waals surface area contributed by atoms with E-state index in [9.17, 15) is 4.79 Å². The number of carbonyl (C=O) groups is 1. The molecule has 1 fully saturated rings. The molecule has 2 unspecified atom stereocenters. The lowest BCUT2D eigenvalue weighted by atomic mass is 9.76. The Hall–Kier alpha value is -1.35. The second kappa shape index (κ2) is 5.57. The van der Waals surface area contributed by atoms with Crippen molar-refractivity contribution in [3.8, 4) is 0 Å². The molecule has 2 atom stereocenters. The number of carbonyl (C=O) groups excluding carboxylic acids is 1. The Bertz CT molecular complexity index is 501. The number of aryl methyl sites for hydroxylation is 3. The minimum absolute atomic E-state index is 0.0286. The van der Waals surface area contributed by atoms with E-state index in [4.69, 9.17) is 5.73 Å². The minimum Gasteiger partial charge on any atom is -0.324 e. The highest BCUT2D eigenvalue weighted by atomic mass is 16.2. The van der Waals surface area contributed by atoms with Gasteiger partial charge in [-0.05, 0) is 50.7 Å². The molecule has 0 saturated heterocycles. The number of hydrogen-bond acceptors (Lipinski definition) is 2. The van der Waals surface area contributed by atoms with Gasteiger partial charge in [-0.2, -0.15) is 0 Å². The number of nitrogens with two attached hydrogens (primary N) is 1. The first-order chi connectivity index (χ1) is 9.32. The number of hydrogen-bond donors (Lipinski definition) is 2. The second-order valence-electron chi connectivity index (χ2n) is 6.59. The first-order valence-corrected chi connectivity index (χ1v) is 7.50. The van der Waals surface area contributed by atoms with E-state index in [0.717, 1.165) is 36.1 Å². The van der Waals surface area contributed by atoms with Crippen LogP contribution in [0.5, 0.6) is 0 Å². The molecule has 0 radical (unpaired) electrons. The summed E-state index contributed by atoms with van der Waals surface area (Å²) < 4.78 is 0. The zero-order valence-electron chi connectivity index (χ0n) is 13.0. The molecule has 0 heterocycles. The summed E-state index contributed by atoms with van der Waals surface area (Å²) in [6.45, 7) is 8.31. The molecule has 1 aliphatic carbocycles. The Kier molecular flexibility index (Phi) is 4.19. The maximum absolute atomic E-state index is 12.6. The van der Waals surface area contributed by atoms with Crippen LogP contribution in [0, 0.1) is 26.7 Å². The summed E-state index contributed by atoms with van der Waals surface area (Å²) in [5, 5.41) is 3.07. The number of nitrogens with one attached hydrogen (secondary N) is 1. The molecule has 0 bridgehead atoms. The molecule has 3 heteroatoms. The van der Waals surface area contributed by atoms with Crippen LogP contribution in [-0.2, 0) is 4.79 Å². The van der Waals surface area contributed by atoms with Gasteiger partial charge in [-0.25, -0.2) is 0 Å². The molecule has 3 N–H and O–H groups in total. The maximum atomic E-state index is 12.6. The Morgan fingerprint density at radius 3 is 2.45 bits per heavy atom. The topological polar surface area (TPSA) is 55.1 Å². The molecule has 20 heavy (non-hydrogen) atoms. The quantitative estimate of drug-likeness (QED) is 0.867. The van der Waals surface area contributed by atoms with E-state index < -0.39 is 5.54 Å². The highest BCUT2D eigenvalue weighted by Crippen LogP contribution is 2.32. The SMILES string of the molecule is Cc1cc(C)c(NC(=O)C2(N)CCCC(C)C2)c(C)c1. The van der Waals surface area contributed by atoms with Gasteiger partial charge in [-0.1, -0.05) is 37.5 Å². The fraction of sp³-hybridized carbons (Fsp3) is 0.588. The van der Waals surface area contributed by atoms with Gasteiger partial charge in [0.05, 0.1) is 5.54 Å². The Morgan fingerprint density at radius 1 is 1.30 bits per heavy atom. The molecule has 1 saturated carbocycles. The van der Waals surface area contributed by atoms with E-state index >= 15 is 0 Å². The summed E-state index contributed by atoms with van der Waals surface area (Å²) in [5.41, 5.74) is 9.99. The molecule has 1 amide bonds. The predicted molar refractivity (Wildman–Crippen MR) is 83.8 cm³/mol. The van der Waals surface area contributed by atoms with Gasteiger partial charge < -0.3 is 11.1 Å². The van der Waals surface area contributed by atoms with E-state index in [1.807, 2.05) is 13.8 Å². The van der Waals surface area contributed by atoms with Crippen LogP contribution in [0.3, 0.4) is 0 Å². The third-order valence-corrected chi connectivity index (χ3v) is 4.40. The van der Waals surface area contributed by atoms with E-state index in [1.54, 1.807) is 0 Å². The summed E-state index contributed by atoms with van der Waals surface area (Å²) in [7, 11) is 0. The predicted octanol–water partition coefficient (Wildman–Crippen LogP) is 3.46. The van der Waals surface area contributed by atoms with Gasteiger partial charge in [0, 0.05) is 5.69 Å². The zero-order valence-corrected chi connectivity index (χ0v) is 13.0. The van der Waals surface area contributed by atoms with Gasteiger partial charge in [-0.3, -0.25) is 4.79 Å². The molecule has 0 aromatic heterocycles. The van der Waals surface area contributed by atoms with Crippen LogP contribution < -0.4 is 11.1 Å². The molecular weight excluding hydrogens is 248 g/mol. The van der Waals surface area contributed by atoms with Gasteiger partial charge >= 0.3 is 0 Å². The van der Waals surface area contributed by atoms with Crippen molar-refractivity contribution in [2.45, 2.75) is 58.9 Å². The highest BCUT2D eigenvalue weighted by Gasteiger charge is 2.38. The Morgan fingerprint density at radius 2 is 1.90 bits per heavy atom. The molecule has 1 aromatic rings. The molecule has 3 nitrogen and oxygen atoms in total. The van der Waals surface area contributed by atoms with Gasteiger partial charge in [0.1, 0.15) is 0 Å². The van der Waals surface area contributed by atoms with Gasteiger partial charge in [0.15, 0.2) is 0 Å². The third kappa shape index (κ3) is 3.04. The van der Waals surface area contributed by atoms with Crippen molar-refractivity contribution < 1.29 is 4.79 Å². The van der Waals surface area contributed by atoms with Crippen molar-refractivity contribution in [2.24, 2.45) is 11.7 Å². The monoisotopic (exact) mass is 274 g/mol. The minimum atomic E-state index is -0.707. The Balaban J connectivity index is 2.20. The van der Waals surface area contributed by atoms with Crippen LogP contribution >= 0.6 is 0 Å². The maximum Gasteiger partial charge on any atom is 0.244 e. The smallest absolute Gasteiger partial charge is 0.244 e. The number of amides is 1. The van der Waals surface area contributed by atoms with Crippen molar-refractivity contribution >= 4 is 11.6 Å². The van der Waals surface area contributed by atoms with E-state index in [1.165, 1.54) is 12.0 Å². The van der Waals surface area contributed by atoms with Crippen molar-refractivity contribution in [3.05, 3.63) is 28.8 Å². The van der Waals surface area contributed by atoms with Crippen molar-refractivity contribution in [1.29, 1.82) is 0 Å². The van der Waals surface area contributed by atoms with Crippen molar-refractivity contribution in [1.82, 2.24) is 0 Å². The number of anilines is 1. The van der Waals surface area contributed by atoms with Crippen molar-refractivity contribution in [3.63, 3.8) is 0 Å². The van der Waals surface area contributed by atoms with Crippen LogP contribution in [0.1, 0.15) is 49.3 Å². The number of rotatable bonds is 2. The fourth-order valence-electron chi connectivity index (χ4n) is 3.41. The van der Waals surface area contributed by atoms with E-state index in [-0.39, 0.29) is 5.91 Å². The van der Waals surface area contributed by atoms with Crippen LogP contribution in [0.2, 0.25) is 0 Å². The highest BCUT2D eigenvalue weighted by molar-refractivity contribution is 5.99. The Labute approximate surface area is 121 Å². The standard InChI is InChI=1S/C17H26N2O/c1-11-6-5-7-17(18,10-11)16(20)19-15-13(3)8-12(2)9-14(15)4/h8-9,11H,5-7,10,18H2,1-4H3,(H,19,20). The molecule has 110 valence electrons. The summed E-state index contributed by atoms with van der Waals surface area (Å²) >= 11 is 0. The summed E-state index contributed by atoms with van der Waals surface area (Å²) in [4.78, 5) is 12.6. The molecule has 2 rings (SSSR count). The average molecular weight is 274 g/mol. The largest absolute Gasteiger partial charge is 0.324 e. The molecule has 0 spiro atoms. The molecule has 0 aliphatic heterocycles. The van der Waals surface area contributed by atoms with Crippen LogP contribution in [-0.4, -0.2) is 11.4 Å². The van der Waals surface area contributed by atoms with E-state index in [0.29, 0.717) is 5.92 Å².